The Hall–Kier alpha value is -2.35. The van der Waals surface area contributed by atoms with Gasteiger partial charge in [-0.1, -0.05) is 11.8 Å². The molecule has 0 saturated carbocycles. The zero-order valence-corrected chi connectivity index (χ0v) is 12.4. The summed E-state index contributed by atoms with van der Waals surface area (Å²) in [7, 11) is 0. The Labute approximate surface area is 124 Å². The van der Waals surface area contributed by atoms with Crippen molar-refractivity contribution < 1.29 is 0 Å². The van der Waals surface area contributed by atoms with E-state index < -0.39 is 0 Å². The molecule has 3 N–H and O–H groups in total. The Morgan fingerprint density at radius 2 is 2.10 bits per heavy atom. The van der Waals surface area contributed by atoms with E-state index in [-0.39, 0.29) is 11.4 Å². The summed E-state index contributed by atoms with van der Waals surface area (Å²) in [6.07, 6.45) is 1.94. The number of nitrogens with zero attached hydrogens (tertiary/aromatic N) is 4. The molecule has 0 aliphatic carbocycles. The summed E-state index contributed by atoms with van der Waals surface area (Å²) in [5.41, 5.74) is 8.18. The smallest absolute Gasteiger partial charge is 0.253 e. The van der Waals surface area contributed by atoms with Gasteiger partial charge in [0.25, 0.3) is 5.56 Å². The zero-order chi connectivity index (χ0) is 15.0. The molecule has 3 rings (SSSR count). The van der Waals surface area contributed by atoms with Gasteiger partial charge in [-0.25, -0.2) is 15.0 Å². The highest BCUT2D eigenvalue weighted by molar-refractivity contribution is 7.98. The molecule has 0 atom stereocenters. The van der Waals surface area contributed by atoms with Gasteiger partial charge in [0, 0.05) is 29.4 Å². The molecule has 3 aromatic rings. The summed E-state index contributed by atoms with van der Waals surface area (Å²) in [4.78, 5) is 26.9. The molecule has 8 heteroatoms. The molecule has 0 aliphatic rings. The maximum atomic E-state index is 11.3. The first-order chi connectivity index (χ1) is 10.0. The van der Waals surface area contributed by atoms with Crippen LogP contribution in [0.5, 0.6) is 0 Å². The van der Waals surface area contributed by atoms with E-state index in [1.807, 2.05) is 30.5 Å². The Morgan fingerprint density at radius 3 is 2.86 bits per heavy atom. The van der Waals surface area contributed by atoms with E-state index in [9.17, 15) is 4.79 Å². The number of hydrogen-bond acceptors (Lipinski definition) is 6. The fourth-order valence-corrected chi connectivity index (χ4v) is 2.82. The van der Waals surface area contributed by atoms with Crippen molar-refractivity contribution in [1.82, 2.24) is 24.3 Å². The van der Waals surface area contributed by atoms with E-state index in [2.05, 4.69) is 19.9 Å². The first-order valence-electron chi connectivity index (χ1n) is 6.33. The van der Waals surface area contributed by atoms with Crippen molar-refractivity contribution in [2.24, 2.45) is 0 Å². The average molecular weight is 302 g/mol. The second-order valence-corrected chi connectivity index (χ2v) is 5.67. The molecule has 0 fully saturated rings. The third kappa shape index (κ3) is 2.89. The second-order valence-electron chi connectivity index (χ2n) is 4.71. The lowest BCUT2D eigenvalue weighted by atomic mass is 10.3. The van der Waals surface area contributed by atoms with Crippen molar-refractivity contribution >= 4 is 23.4 Å². The van der Waals surface area contributed by atoms with Gasteiger partial charge in [0.1, 0.15) is 5.82 Å². The molecule has 0 aromatic carbocycles. The number of rotatable bonds is 3. The largest absolute Gasteiger partial charge is 0.383 e. The predicted molar refractivity (Wildman–Crippen MR) is 81.3 cm³/mol. The maximum absolute atomic E-state index is 11.3. The van der Waals surface area contributed by atoms with Crippen LogP contribution in [-0.2, 0) is 5.75 Å². The van der Waals surface area contributed by atoms with E-state index in [4.69, 9.17) is 5.73 Å². The van der Waals surface area contributed by atoms with Crippen molar-refractivity contribution in [1.29, 1.82) is 0 Å². The second kappa shape index (κ2) is 5.21. The summed E-state index contributed by atoms with van der Waals surface area (Å²) in [5, 5.41) is 0.484. The molecule has 108 valence electrons. The lowest BCUT2D eigenvalue weighted by Crippen LogP contribution is -2.09. The minimum absolute atomic E-state index is 0.212. The number of nitrogens with one attached hydrogen (secondary N) is 1. The molecule has 0 bridgehead atoms. The van der Waals surface area contributed by atoms with Crippen molar-refractivity contribution in [3.05, 3.63) is 45.8 Å². The normalized spacial score (nSPS) is 11.1. The number of nitrogen functional groups attached to an aromatic ring is 1. The van der Waals surface area contributed by atoms with Gasteiger partial charge in [0.05, 0.1) is 5.69 Å². The van der Waals surface area contributed by atoms with Gasteiger partial charge in [0.15, 0.2) is 5.16 Å². The van der Waals surface area contributed by atoms with Crippen LogP contribution in [0.25, 0.3) is 5.78 Å². The third-order valence-corrected chi connectivity index (χ3v) is 3.81. The van der Waals surface area contributed by atoms with E-state index >= 15 is 0 Å². The van der Waals surface area contributed by atoms with Gasteiger partial charge < -0.3 is 10.7 Å². The molecule has 3 aromatic heterocycles. The number of thioether (sulfide) groups is 1. The molecule has 21 heavy (non-hydrogen) atoms. The number of imidazole rings is 1. The van der Waals surface area contributed by atoms with Crippen LogP contribution < -0.4 is 11.3 Å². The minimum atomic E-state index is -0.256. The highest BCUT2D eigenvalue weighted by atomic mass is 32.2. The van der Waals surface area contributed by atoms with Crippen molar-refractivity contribution in [2.75, 3.05) is 5.73 Å². The number of nitrogens with two attached hydrogens (primary N) is 1. The van der Waals surface area contributed by atoms with Crippen LogP contribution in [0.2, 0.25) is 0 Å². The van der Waals surface area contributed by atoms with E-state index in [1.54, 1.807) is 0 Å². The summed E-state index contributed by atoms with van der Waals surface area (Å²) in [5.74, 6) is 1.47. The fourth-order valence-electron chi connectivity index (χ4n) is 2.05. The van der Waals surface area contributed by atoms with E-state index in [0.717, 1.165) is 17.1 Å². The molecule has 0 aliphatic heterocycles. The quantitative estimate of drug-likeness (QED) is 0.558. The first-order valence-corrected chi connectivity index (χ1v) is 7.32. The van der Waals surface area contributed by atoms with Crippen LogP contribution in [-0.4, -0.2) is 24.3 Å². The topological polar surface area (TPSA) is 102 Å². The summed E-state index contributed by atoms with van der Waals surface area (Å²) < 4.78 is 1.94. The molecule has 0 spiro atoms. The SMILES string of the molecule is Cc1cc(C)n2cc(CSc3nc(N)cc(=O)[nH]3)nc2n1. The summed E-state index contributed by atoms with van der Waals surface area (Å²) in [6.45, 7) is 3.95. The Morgan fingerprint density at radius 1 is 1.29 bits per heavy atom. The fraction of sp³-hybridized carbons (Fsp3) is 0.231. The lowest BCUT2D eigenvalue weighted by Gasteiger charge is -1.99. The standard InChI is InChI=1S/C13H14N6OS/c1-7-3-8(2)19-5-9(16-12(19)15-7)6-21-13-17-10(14)4-11(20)18-13/h3-5H,6H2,1-2H3,(H3,14,17,18,20). The van der Waals surface area contributed by atoms with Crippen LogP contribution in [0, 0.1) is 13.8 Å². The molecule has 7 nitrogen and oxygen atoms in total. The number of hydrogen-bond donors (Lipinski definition) is 2. The van der Waals surface area contributed by atoms with Crippen molar-refractivity contribution in [3.63, 3.8) is 0 Å². The van der Waals surface area contributed by atoms with Crippen LogP contribution in [0.4, 0.5) is 5.82 Å². The molecular weight excluding hydrogens is 288 g/mol. The van der Waals surface area contributed by atoms with Gasteiger partial charge in [-0.3, -0.25) is 9.20 Å². The van der Waals surface area contributed by atoms with Gasteiger partial charge in [0.2, 0.25) is 5.78 Å². The maximum Gasteiger partial charge on any atom is 0.253 e. The number of anilines is 1. The average Bonchev–Trinajstić information content (AvgIpc) is 2.78. The molecular formula is C13H14N6OS. The summed E-state index contributed by atoms with van der Waals surface area (Å²) >= 11 is 1.38. The first kappa shape index (κ1) is 13.6. The van der Waals surface area contributed by atoms with Gasteiger partial charge >= 0.3 is 0 Å². The van der Waals surface area contributed by atoms with Crippen LogP contribution in [0.15, 0.2) is 28.3 Å². The molecule has 3 heterocycles. The number of fused-ring (bicyclic) bond motifs is 1. The van der Waals surface area contributed by atoms with Crippen molar-refractivity contribution in [2.45, 2.75) is 24.8 Å². The Balaban J connectivity index is 1.85. The van der Waals surface area contributed by atoms with Gasteiger partial charge in [-0.2, -0.15) is 0 Å². The Kier molecular flexibility index (Phi) is 3.38. The lowest BCUT2D eigenvalue weighted by molar-refractivity contribution is 0.944. The number of aromatic amines is 1. The van der Waals surface area contributed by atoms with E-state index in [1.165, 1.54) is 17.8 Å². The zero-order valence-electron chi connectivity index (χ0n) is 11.6. The number of aromatic nitrogens is 5. The van der Waals surface area contributed by atoms with Crippen molar-refractivity contribution in [3.8, 4) is 0 Å². The van der Waals surface area contributed by atoms with E-state index in [0.29, 0.717) is 16.7 Å². The monoisotopic (exact) mass is 302 g/mol. The van der Waals surface area contributed by atoms with Gasteiger partial charge in [-0.05, 0) is 19.9 Å². The highest BCUT2D eigenvalue weighted by Gasteiger charge is 2.07. The minimum Gasteiger partial charge on any atom is -0.383 e. The highest BCUT2D eigenvalue weighted by Crippen LogP contribution is 2.19. The molecule has 0 amide bonds. The molecule has 0 radical (unpaired) electrons. The molecule has 0 saturated heterocycles. The molecule has 0 unspecified atom stereocenters. The number of H-pyrrole nitrogens is 1. The van der Waals surface area contributed by atoms with Gasteiger partial charge in [-0.15, -0.1) is 0 Å². The van der Waals surface area contributed by atoms with Crippen LogP contribution >= 0.6 is 11.8 Å². The Bertz CT molecular complexity index is 869. The third-order valence-electron chi connectivity index (χ3n) is 2.91. The number of aryl methyl sites for hydroxylation is 2. The van der Waals surface area contributed by atoms with Crippen LogP contribution in [0.1, 0.15) is 17.1 Å². The van der Waals surface area contributed by atoms with Crippen LogP contribution in [0.3, 0.4) is 0 Å². The summed E-state index contributed by atoms with van der Waals surface area (Å²) in [6, 6.07) is 3.26. The predicted octanol–water partition coefficient (Wildman–Crippen LogP) is 1.30.